The Bertz CT molecular complexity index is 305. The number of likely N-dealkylation sites (tertiary alicyclic amines) is 1. The van der Waals surface area contributed by atoms with Crippen molar-refractivity contribution in [1.82, 2.24) is 4.90 Å². The highest BCUT2D eigenvalue weighted by atomic mass is 15.1. The maximum Gasteiger partial charge on any atom is 0.0314 e. The van der Waals surface area contributed by atoms with E-state index < -0.39 is 0 Å². The molecule has 0 radical (unpaired) electrons. The zero-order valence-electron chi connectivity index (χ0n) is 9.45. The summed E-state index contributed by atoms with van der Waals surface area (Å²) in [6.07, 6.45) is 3.87. The molecule has 0 bridgehead atoms. The third-order valence-electron chi connectivity index (χ3n) is 3.31. The molecular weight excluding hydrogens is 184 g/mol. The quantitative estimate of drug-likeness (QED) is 0.764. The standard InChI is InChI=1S/C13H20N2/c1-15-9-8-12(10-15)3-2-11-4-6-13(14)7-5-11/h4-7,12H,2-3,8-10,14H2,1H3. The van der Waals surface area contributed by atoms with Gasteiger partial charge in [0.15, 0.2) is 0 Å². The summed E-state index contributed by atoms with van der Waals surface area (Å²) < 4.78 is 0. The highest BCUT2D eigenvalue weighted by molar-refractivity contribution is 5.39. The van der Waals surface area contributed by atoms with E-state index in [1.165, 1.54) is 37.9 Å². The Labute approximate surface area is 92.1 Å². The highest BCUT2D eigenvalue weighted by Gasteiger charge is 2.18. The number of hydrogen-bond acceptors (Lipinski definition) is 2. The molecule has 1 aromatic rings. The minimum atomic E-state index is 0.861. The minimum absolute atomic E-state index is 0.861. The van der Waals surface area contributed by atoms with Crippen LogP contribution < -0.4 is 5.73 Å². The Kier molecular flexibility index (Phi) is 3.27. The first-order valence-electron chi connectivity index (χ1n) is 5.77. The van der Waals surface area contributed by atoms with Crippen LogP contribution in [0.25, 0.3) is 0 Å². The smallest absolute Gasteiger partial charge is 0.0314 e. The fourth-order valence-corrected chi connectivity index (χ4v) is 2.32. The monoisotopic (exact) mass is 204 g/mol. The Balaban J connectivity index is 1.80. The summed E-state index contributed by atoms with van der Waals surface area (Å²) in [6, 6.07) is 8.29. The molecule has 2 rings (SSSR count). The van der Waals surface area contributed by atoms with Gasteiger partial charge in [0.2, 0.25) is 0 Å². The van der Waals surface area contributed by atoms with Crippen LogP contribution in [-0.2, 0) is 6.42 Å². The fraction of sp³-hybridized carbons (Fsp3) is 0.538. The summed E-state index contributed by atoms with van der Waals surface area (Å²) >= 11 is 0. The molecule has 1 fully saturated rings. The molecule has 15 heavy (non-hydrogen) atoms. The van der Waals surface area contributed by atoms with Gasteiger partial charge in [0, 0.05) is 12.2 Å². The molecule has 2 nitrogen and oxygen atoms in total. The van der Waals surface area contributed by atoms with Crippen molar-refractivity contribution in [2.75, 3.05) is 25.9 Å². The van der Waals surface area contributed by atoms with Gasteiger partial charge in [-0.05, 0) is 56.5 Å². The lowest BCUT2D eigenvalue weighted by Gasteiger charge is -2.10. The number of benzene rings is 1. The van der Waals surface area contributed by atoms with E-state index in [1.54, 1.807) is 0 Å². The number of aryl methyl sites for hydroxylation is 1. The zero-order chi connectivity index (χ0) is 10.7. The molecule has 0 aliphatic carbocycles. The molecule has 1 heterocycles. The topological polar surface area (TPSA) is 29.3 Å². The van der Waals surface area contributed by atoms with E-state index in [9.17, 15) is 0 Å². The van der Waals surface area contributed by atoms with E-state index in [0.29, 0.717) is 0 Å². The SMILES string of the molecule is CN1CCC(CCc2ccc(N)cc2)C1. The summed E-state index contributed by atoms with van der Waals surface area (Å²) in [7, 11) is 2.21. The lowest BCUT2D eigenvalue weighted by molar-refractivity contribution is 0.388. The first-order valence-corrected chi connectivity index (χ1v) is 5.77. The maximum absolute atomic E-state index is 5.66. The van der Waals surface area contributed by atoms with E-state index in [2.05, 4.69) is 24.1 Å². The normalized spacial score (nSPS) is 22.1. The summed E-state index contributed by atoms with van der Waals surface area (Å²) in [6.45, 7) is 2.54. The van der Waals surface area contributed by atoms with Crippen molar-refractivity contribution in [3.63, 3.8) is 0 Å². The van der Waals surface area contributed by atoms with Crippen LogP contribution in [0.2, 0.25) is 0 Å². The molecule has 1 saturated heterocycles. The van der Waals surface area contributed by atoms with Crippen LogP contribution in [-0.4, -0.2) is 25.0 Å². The molecule has 82 valence electrons. The van der Waals surface area contributed by atoms with Crippen LogP contribution in [0.4, 0.5) is 5.69 Å². The molecule has 1 unspecified atom stereocenters. The van der Waals surface area contributed by atoms with Crippen molar-refractivity contribution >= 4 is 5.69 Å². The predicted octanol–water partition coefficient (Wildman–Crippen LogP) is 2.15. The molecule has 2 N–H and O–H groups in total. The van der Waals surface area contributed by atoms with Gasteiger partial charge in [-0.15, -0.1) is 0 Å². The first-order chi connectivity index (χ1) is 7.24. The summed E-state index contributed by atoms with van der Waals surface area (Å²) in [4.78, 5) is 2.42. The lowest BCUT2D eigenvalue weighted by Crippen LogP contribution is -2.14. The van der Waals surface area contributed by atoms with Crippen LogP contribution >= 0.6 is 0 Å². The average molecular weight is 204 g/mol. The number of nitrogens with two attached hydrogens (primary N) is 1. The third-order valence-corrected chi connectivity index (χ3v) is 3.31. The number of nitrogens with zero attached hydrogens (tertiary/aromatic N) is 1. The summed E-state index contributed by atoms with van der Waals surface area (Å²) in [5, 5.41) is 0. The average Bonchev–Trinajstić information content (AvgIpc) is 2.64. The largest absolute Gasteiger partial charge is 0.399 e. The molecule has 1 aromatic carbocycles. The highest BCUT2D eigenvalue weighted by Crippen LogP contribution is 2.20. The van der Waals surface area contributed by atoms with Gasteiger partial charge < -0.3 is 10.6 Å². The molecule has 0 saturated carbocycles. The van der Waals surface area contributed by atoms with Crippen LogP contribution in [0.5, 0.6) is 0 Å². The van der Waals surface area contributed by atoms with Gasteiger partial charge >= 0.3 is 0 Å². The molecule has 1 aliphatic rings. The second kappa shape index (κ2) is 4.67. The van der Waals surface area contributed by atoms with Gasteiger partial charge in [-0.1, -0.05) is 12.1 Å². The van der Waals surface area contributed by atoms with E-state index in [-0.39, 0.29) is 0 Å². The third kappa shape index (κ3) is 2.96. The summed E-state index contributed by atoms with van der Waals surface area (Å²) in [5.74, 6) is 0.896. The predicted molar refractivity (Wildman–Crippen MR) is 64.8 cm³/mol. The second-order valence-corrected chi connectivity index (χ2v) is 4.70. The van der Waals surface area contributed by atoms with Gasteiger partial charge in [-0.25, -0.2) is 0 Å². The van der Waals surface area contributed by atoms with Crippen LogP contribution in [0, 0.1) is 5.92 Å². The molecule has 1 aliphatic heterocycles. The van der Waals surface area contributed by atoms with E-state index in [4.69, 9.17) is 5.73 Å². The zero-order valence-corrected chi connectivity index (χ0v) is 9.45. The van der Waals surface area contributed by atoms with Crippen molar-refractivity contribution in [2.24, 2.45) is 5.92 Å². The van der Waals surface area contributed by atoms with Crippen LogP contribution in [0.1, 0.15) is 18.4 Å². The van der Waals surface area contributed by atoms with Gasteiger partial charge in [0.25, 0.3) is 0 Å². The van der Waals surface area contributed by atoms with Gasteiger partial charge in [-0.3, -0.25) is 0 Å². The van der Waals surface area contributed by atoms with E-state index >= 15 is 0 Å². The number of anilines is 1. The molecule has 0 spiro atoms. The lowest BCUT2D eigenvalue weighted by atomic mass is 9.99. The molecule has 0 amide bonds. The fourth-order valence-electron chi connectivity index (χ4n) is 2.32. The van der Waals surface area contributed by atoms with Crippen molar-refractivity contribution in [2.45, 2.75) is 19.3 Å². The Morgan fingerprint density at radius 1 is 1.33 bits per heavy atom. The van der Waals surface area contributed by atoms with Crippen LogP contribution in [0.15, 0.2) is 24.3 Å². The first kappa shape index (κ1) is 10.5. The molecule has 1 atom stereocenters. The van der Waals surface area contributed by atoms with Crippen LogP contribution in [0.3, 0.4) is 0 Å². The number of rotatable bonds is 3. The van der Waals surface area contributed by atoms with Crippen molar-refractivity contribution in [3.05, 3.63) is 29.8 Å². The number of nitrogen functional groups attached to an aromatic ring is 1. The molecular formula is C13H20N2. The second-order valence-electron chi connectivity index (χ2n) is 4.70. The van der Waals surface area contributed by atoms with Crippen molar-refractivity contribution < 1.29 is 0 Å². The van der Waals surface area contributed by atoms with E-state index in [0.717, 1.165) is 11.6 Å². The summed E-state index contributed by atoms with van der Waals surface area (Å²) in [5.41, 5.74) is 7.93. The van der Waals surface area contributed by atoms with Gasteiger partial charge in [-0.2, -0.15) is 0 Å². The minimum Gasteiger partial charge on any atom is -0.399 e. The Morgan fingerprint density at radius 3 is 2.67 bits per heavy atom. The van der Waals surface area contributed by atoms with E-state index in [1.807, 2.05) is 12.1 Å². The molecule has 0 aromatic heterocycles. The van der Waals surface area contributed by atoms with Gasteiger partial charge in [0.05, 0.1) is 0 Å². The number of hydrogen-bond donors (Lipinski definition) is 1. The van der Waals surface area contributed by atoms with Crippen molar-refractivity contribution in [1.29, 1.82) is 0 Å². The van der Waals surface area contributed by atoms with Gasteiger partial charge in [0.1, 0.15) is 0 Å². The molecule has 2 heteroatoms. The van der Waals surface area contributed by atoms with Crippen molar-refractivity contribution in [3.8, 4) is 0 Å². The Morgan fingerprint density at radius 2 is 2.07 bits per heavy atom. The Hall–Kier alpha value is -1.02. The maximum atomic E-state index is 5.66.